The van der Waals surface area contributed by atoms with Crippen LogP contribution in [-0.2, 0) is 4.79 Å². The second kappa shape index (κ2) is 24.0. The van der Waals surface area contributed by atoms with Crippen LogP contribution in [0.3, 0.4) is 0 Å². The predicted octanol–water partition coefficient (Wildman–Crippen LogP) is 7.28. The van der Waals surface area contributed by atoms with E-state index in [1.165, 1.54) is 44.9 Å². The lowest BCUT2D eigenvalue weighted by molar-refractivity contribution is -0.136. The van der Waals surface area contributed by atoms with Gasteiger partial charge in [0.1, 0.15) is 0 Å². The molecule has 0 aliphatic rings. The Morgan fingerprint density at radius 3 is 1.56 bits per heavy atom. The Hall–Kier alpha value is -1.65. The highest BCUT2D eigenvalue weighted by Crippen LogP contribution is 2.09. The lowest BCUT2D eigenvalue weighted by atomic mass is 10.1. The SMILES string of the molecule is CCCCCC=CCCCCC=CCCC(O)CCC=CCC(O)CC=CCCC(=O)O. The van der Waals surface area contributed by atoms with Crippen molar-refractivity contribution in [2.45, 2.75) is 122 Å². The highest BCUT2D eigenvalue weighted by Gasteiger charge is 2.02. The molecule has 0 fully saturated rings. The largest absolute Gasteiger partial charge is 0.481 e. The fourth-order valence-electron chi connectivity index (χ4n) is 3.27. The van der Waals surface area contributed by atoms with Crippen LogP contribution in [0, 0.1) is 0 Å². The second-order valence-electron chi connectivity index (χ2n) is 8.53. The molecule has 0 rings (SSSR count). The molecule has 4 nitrogen and oxygen atoms in total. The van der Waals surface area contributed by atoms with Crippen molar-refractivity contribution < 1.29 is 20.1 Å². The minimum Gasteiger partial charge on any atom is -0.481 e. The zero-order chi connectivity index (χ0) is 23.7. The molecule has 2 unspecified atom stereocenters. The number of aliphatic hydroxyl groups excluding tert-OH is 2. The zero-order valence-corrected chi connectivity index (χ0v) is 20.3. The highest BCUT2D eigenvalue weighted by molar-refractivity contribution is 5.66. The van der Waals surface area contributed by atoms with Crippen molar-refractivity contribution in [3.63, 3.8) is 0 Å². The molecule has 0 saturated heterocycles. The van der Waals surface area contributed by atoms with Gasteiger partial charge in [-0.2, -0.15) is 0 Å². The predicted molar refractivity (Wildman–Crippen MR) is 136 cm³/mol. The van der Waals surface area contributed by atoms with E-state index in [-0.39, 0.29) is 12.5 Å². The smallest absolute Gasteiger partial charge is 0.303 e. The molecule has 0 aromatic rings. The number of rotatable bonds is 22. The van der Waals surface area contributed by atoms with Crippen molar-refractivity contribution >= 4 is 5.97 Å². The van der Waals surface area contributed by atoms with E-state index in [1.54, 1.807) is 6.08 Å². The molecule has 3 N–H and O–H groups in total. The van der Waals surface area contributed by atoms with Crippen LogP contribution in [-0.4, -0.2) is 33.5 Å². The fourth-order valence-corrected chi connectivity index (χ4v) is 3.27. The molecule has 0 aliphatic heterocycles. The van der Waals surface area contributed by atoms with Crippen LogP contribution in [0.5, 0.6) is 0 Å². The summed E-state index contributed by atoms with van der Waals surface area (Å²) < 4.78 is 0. The maximum absolute atomic E-state index is 10.4. The molecule has 0 aromatic heterocycles. The molecular formula is C28H48O4. The van der Waals surface area contributed by atoms with E-state index in [0.29, 0.717) is 19.3 Å². The van der Waals surface area contributed by atoms with E-state index in [0.717, 1.165) is 32.1 Å². The first-order valence-corrected chi connectivity index (χ1v) is 12.7. The van der Waals surface area contributed by atoms with Gasteiger partial charge < -0.3 is 15.3 Å². The minimum atomic E-state index is -0.803. The minimum absolute atomic E-state index is 0.127. The summed E-state index contributed by atoms with van der Waals surface area (Å²) in [6.07, 6.45) is 31.0. The molecule has 0 aliphatic carbocycles. The first-order valence-electron chi connectivity index (χ1n) is 12.7. The average molecular weight is 449 g/mol. The maximum atomic E-state index is 10.4. The quantitative estimate of drug-likeness (QED) is 0.120. The summed E-state index contributed by atoms with van der Waals surface area (Å²) in [6.45, 7) is 2.24. The molecule has 32 heavy (non-hydrogen) atoms. The molecule has 0 saturated carbocycles. The van der Waals surface area contributed by atoms with E-state index in [4.69, 9.17) is 5.11 Å². The van der Waals surface area contributed by atoms with Gasteiger partial charge in [0, 0.05) is 6.42 Å². The van der Waals surface area contributed by atoms with Crippen molar-refractivity contribution in [3.8, 4) is 0 Å². The van der Waals surface area contributed by atoms with Gasteiger partial charge >= 0.3 is 5.97 Å². The van der Waals surface area contributed by atoms with Gasteiger partial charge in [0.2, 0.25) is 0 Å². The van der Waals surface area contributed by atoms with Gasteiger partial charge in [-0.15, -0.1) is 0 Å². The molecule has 0 heterocycles. The molecule has 0 aromatic carbocycles. The molecule has 0 bridgehead atoms. The zero-order valence-electron chi connectivity index (χ0n) is 20.3. The summed E-state index contributed by atoms with van der Waals surface area (Å²) in [4.78, 5) is 10.4. The van der Waals surface area contributed by atoms with Crippen LogP contribution < -0.4 is 0 Å². The van der Waals surface area contributed by atoms with Gasteiger partial charge in [-0.25, -0.2) is 0 Å². The molecular weight excluding hydrogens is 400 g/mol. The lowest BCUT2D eigenvalue weighted by Gasteiger charge is -2.07. The highest BCUT2D eigenvalue weighted by atomic mass is 16.4. The fraction of sp³-hybridized carbons (Fsp3) is 0.679. The normalized spacial score (nSPS) is 14.3. The van der Waals surface area contributed by atoms with E-state index in [2.05, 4.69) is 31.2 Å². The van der Waals surface area contributed by atoms with Gasteiger partial charge in [-0.05, 0) is 83.5 Å². The van der Waals surface area contributed by atoms with Crippen molar-refractivity contribution in [3.05, 3.63) is 48.6 Å². The molecule has 0 amide bonds. The Kier molecular flexibility index (Phi) is 22.8. The van der Waals surface area contributed by atoms with Crippen molar-refractivity contribution in [1.82, 2.24) is 0 Å². The number of hydrogen-bond acceptors (Lipinski definition) is 3. The summed E-state index contributed by atoms with van der Waals surface area (Å²) in [7, 11) is 0. The Bertz CT molecular complexity index is 534. The Balaban J connectivity index is 3.54. The number of allylic oxidation sites excluding steroid dienone is 6. The van der Waals surface area contributed by atoms with Gasteiger partial charge in [-0.3, -0.25) is 4.79 Å². The standard InChI is InChI=1S/C28H48O4/c1-2-3-4-5-6-7-8-9-10-11-12-13-16-21-26(29)22-17-14-18-23-27(30)24-19-15-20-25-28(31)32/h6-7,12-15,18-19,26-27,29-30H,2-5,8-11,16-17,20-25H2,1H3,(H,31,32). The van der Waals surface area contributed by atoms with E-state index in [9.17, 15) is 15.0 Å². The van der Waals surface area contributed by atoms with Gasteiger partial charge in [-0.1, -0.05) is 68.4 Å². The van der Waals surface area contributed by atoms with Crippen LogP contribution in [0.15, 0.2) is 48.6 Å². The number of aliphatic hydroxyl groups is 2. The van der Waals surface area contributed by atoms with E-state index in [1.807, 2.05) is 18.2 Å². The number of carboxylic acid groups (broad SMARTS) is 1. The summed E-state index contributed by atoms with van der Waals surface area (Å²) in [5.74, 6) is -0.803. The lowest BCUT2D eigenvalue weighted by Crippen LogP contribution is -2.05. The molecule has 0 spiro atoms. The first-order chi connectivity index (χ1) is 15.6. The number of aliphatic carboxylic acids is 1. The van der Waals surface area contributed by atoms with Crippen LogP contribution in [0.25, 0.3) is 0 Å². The maximum Gasteiger partial charge on any atom is 0.303 e. The summed E-state index contributed by atoms with van der Waals surface area (Å²) >= 11 is 0. The van der Waals surface area contributed by atoms with Crippen LogP contribution in [0.4, 0.5) is 0 Å². The van der Waals surface area contributed by atoms with Gasteiger partial charge in [0.25, 0.3) is 0 Å². The third kappa shape index (κ3) is 24.6. The monoisotopic (exact) mass is 448 g/mol. The average Bonchev–Trinajstić information content (AvgIpc) is 2.76. The topological polar surface area (TPSA) is 77.8 Å². The second-order valence-corrected chi connectivity index (χ2v) is 8.53. The van der Waals surface area contributed by atoms with Crippen molar-refractivity contribution in [1.29, 1.82) is 0 Å². The van der Waals surface area contributed by atoms with E-state index >= 15 is 0 Å². The molecule has 0 radical (unpaired) electrons. The van der Waals surface area contributed by atoms with Crippen molar-refractivity contribution in [2.75, 3.05) is 0 Å². The van der Waals surface area contributed by atoms with Crippen molar-refractivity contribution in [2.24, 2.45) is 0 Å². The third-order valence-corrected chi connectivity index (χ3v) is 5.31. The summed E-state index contributed by atoms with van der Waals surface area (Å²) in [5.41, 5.74) is 0. The number of carboxylic acids is 1. The van der Waals surface area contributed by atoms with Crippen LogP contribution in [0.1, 0.15) is 110 Å². The van der Waals surface area contributed by atoms with Gasteiger partial charge in [0.15, 0.2) is 0 Å². The van der Waals surface area contributed by atoms with Crippen LogP contribution >= 0.6 is 0 Å². The van der Waals surface area contributed by atoms with Gasteiger partial charge in [0.05, 0.1) is 12.2 Å². The Labute approximate surface area is 196 Å². The number of hydrogen-bond donors (Lipinski definition) is 3. The third-order valence-electron chi connectivity index (χ3n) is 5.31. The number of unbranched alkanes of at least 4 members (excludes halogenated alkanes) is 6. The summed E-state index contributed by atoms with van der Waals surface area (Å²) in [6, 6.07) is 0. The molecule has 184 valence electrons. The van der Waals surface area contributed by atoms with E-state index < -0.39 is 12.1 Å². The van der Waals surface area contributed by atoms with Crippen LogP contribution in [0.2, 0.25) is 0 Å². The Morgan fingerprint density at radius 1 is 0.625 bits per heavy atom. The first kappa shape index (κ1) is 30.4. The molecule has 2 atom stereocenters. The number of carbonyl (C=O) groups is 1. The summed E-state index contributed by atoms with van der Waals surface area (Å²) in [5, 5.41) is 28.5. The Morgan fingerprint density at radius 2 is 1.06 bits per heavy atom. The molecule has 4 heteroatoms.